The predicted molar refractivity (Wildman–Crippen MR) is 122 cm³/mol. The maximum absolute atomic E-state index is 9.77. The average molecular weight is 521 g/mol. The maximum Gasteiger partial charge on any atom is 0.335 e. The monoisotopic (exact) mass is 520 g/mol. The van der Waals surface area contributed by atoms with Gasteiger partial charge in [-0.1, -0.05) is 0 Å². The van der Waals surface area contributed by atoms with Crippen LogP contribution in [0.4, 0.5) is 0 Å². The number of carboxylic acid groups (broad SMARTS) is 4. The molecule has 0 fully saturated rings. The van der Waals surface area contributed by atoms with E-state index in [1.54, 1.807) is 11.3 Å². The van der Waals surface area contributed by atoms with Gasteiger partial charge in [0.25, 0.3) is 0 Å². The SMILES string of the molecule is Cc1ccsc1/C=C/C1=NCCCN1C.O=C(O)C(O)C(O)C(=O)O.O=C(O)C(O)C(O)C(=O)O. The number of rotatable bonds is 8. The fourth-order valence-electron chi connectivity index (χ4n) is 2.16. The van der Waals surface area contributed by atoms with E-state index in [1.165, 1.54) is 16.9 Å². The van der Waals surface area contributed by atoms with E-state index in [-0.39, 0.29) is 0 Å². The highest BCUT2D eigenvalue weighted by Gasteiger charge is 2.30. The number of nitrogens with zero attached hydrogens (tertiary/aromatic N) is 2. The number of amidine groups is 1. The molecule has 196 valence electrons. The molecule has 8 N–H and O–H groups in total. The van der Waals surface area contributed by atoms with Crippen LogP contribution in [0.15, 0.2) is 22.5 Å². The highest BCUT2D eigenvalue weighted by Crippen LogP contribution is 2.17. The summed E-state index contributed by atoms with van der Waals surface area (Å²) in [5, 5.41) is 67.2. The molecule has 1 aromatic rings. The predicted octanol–water partition coefficient (Wildman–Crippen LogP) is -1.44. The number of aliphatic hydroxyl groups excluding tert-OH is 4. The summed E-state index contributed by atoms with van der Waals surface area (Å²) in [4.78, 5) is 47.1. The van der Waals surface area contributed by atoms with Crippen molar-refractivity contribution in [1.29, 1.82) is 0 Å². The molecule has 0 spiro atoms. The minimum atomic E-state index is -2.27. The smallest absolute Gasteiger partial charge is 0.335 e. The van der Waals surface area contributed by atoms with Crippen molar-refractivity contribution in [3.05, 3.63) is 28.0 Å². The molecule has 15 heteroatoms. The van der Waals surface area contributed by atoms with Gasteiger partial charge in [-0.25, -0.2) is 19.2 Å². The first kappa shape index (κ1) is 31.6. The average Bonchev–Trinajstić information content (AvgIpc) is 3.21. The molecule has 0 saturated heterocycles. The number of hydrogen-bond donors (Lipinski definition) is 8. The topological polar surface area (TPSA) is 246 Å². The number of carboxylic acids is 4. The minimum Gasteiger partial charge on any atom is -0.479 e. The molecule has 0 radical (unpaired) electrons. The molecular weight excluding hydrogens is 492 g/mol. The van der Waals surface area contributed by atoms with Gasteiger partial charge in [0.15, 0.2) is 24.4 Å². The van der Waals surface area contributed by atoms with Crippen molar-refractivity contribution in [2.75, 3.05) is 20.1 Å². The van der Waals surface area contributed by atoms with Gasteiger partial charge in [-0.2, -0.15) is 0 Å². The standard InChI is InChI=1S/C12H16N2S.2C4H6O6/c1-10-6-9-15-11(10)4-5-12-13-7-3-8-14(12)2;2*5-1(3(7)8)2(6)4(9)10/h4-6,9H,3,7-8H2,1-2H3;2*1-2,5-6H,(H,7,8)(H,9,10)/b5-4+;;. The molecule has 4 atom stereocenters. The highest BCUT2D eigenvalue weighted by molar-refractivity contribution is 7.11. The van der Waals surface area contributed by atoms with Gasteiger partial charge in [-0.15, -0.1) is 11.3 Å². The van der Waals surface area contributed by atoms with Gasteiger partial charge in [0.05, 0.1) is 0 Å². The van der Waals surface area contributed by atoms with Crippen LogP contribution >= 0.6 is 11.3 Å². The van der Waals surface area contributed by atoms with Crippen LogP contribution in [0.3, 0.4) is 0 Å². The molecule has 35 heavy (non-hydrogen) atoms. The molecule has 0 bridgehead atoms. The van der Waals surface area contributed by atoms with Crippen LogP contribution in [0.1, 0.15) is 16.9 Å². The van der Waals surface area contributed by atoms with Gasteiger partial charge < -0.3 is 45.8 Å². The second-order valence-corrected chi connectivity index (χ2v) is 7.90. The van der Waals surface area contributed by atoms with Gasteiger partial charge in [0.1, 0.15) is 5.84 Å². The Kier molecular flexibility index (Phi) is 14.0. The molecule has 1 aromatic heterocycles. The summed E-state index contributed by atoms with van der Waals surface area (Å²) in [5.41, 5.74) is 1.34. The molecule has 1 aliphatic rings. The van der Waals surface area contributed by atoms with Crippen LogP contribution in [-0.4, -0.2) is 120 Å². The van der Waals surface area contributed by atoms with Gasteiger partial charge in [-0.3, -0.25) is 4.99 Å². The number of thiophene rings is 1. The summed E-state index contributed by atoms with van der Waals surface area (Å²) in [6.45, 7) is 4.22. The molecule has 0 aliphatic carbocycles. The Morgan fingerprint density at radius 2 is 1.31 bits per heavy atom. The van der Waals surface area contributed by atoms with Crippen LogP contribution in [0.5, 0.6) is 0 Å². The maximum atomic E-state index is 9.77. The number of carbonyl (C=O) groups is 4. The van der Waals surface area contributed by atoms with Crippen molar-refractivity contribution in [1.82, 2.24) is 4.90 Å². The number of hydrogen-bond acceptors (Lipinski definition) is 11. The Morgan fingerprint density at radius 1 is 0.886 bits per heavy atom. The molecule has 4 unspecified atom stereocenters. The Bertz CT molecular complexity index is 857. The van der Waals surface area contributed by atoms with E-state index in [0.29, 0.717) is 0 Å². The molecule has 0 amide bonds. The second kappa shape index (κ2) is 15.5. The number of aliphatic hydroxyl groups is 4. The zero-order valence-corrected chi connectivity index (χ0v) is 19.6. The lowest BCUT2D eigenvalue weighted by atomic mass is 10.2. The Balaban J connectivity index is 0.000000517. The van der Waals surface area contributed by atoms with Gasteiger partial charge in [0, 0.05) is 25.0 Å². The lowest BCUT2D eigenvalue weighted by Gasteiger charge is -2.22. The molecule has 0 aromatic carbocycles. The summed E-state index contributed by atoms with van der Waals surface area (Å²) in [7, 11) is 2.10. The van der Waals surface area contributed by atoms with E-state index < -0.39 is 48.3 Å². The zero-order valence-electron chi connectivity index (χ0n) is 18.8. The molecule has 2 rings (SSSR count). The van der Waals surface area contributed by atoms with Gasteiger partial charge >= 0.3 is 23.9 Å². The fraction of sp³-hybridized carbons (Fsp3) is 0.450. The van der Waals surface area contributed by atoms with Crippen molar-refractivity contribution in [3.63, 3.8) is 0 Å². The van der Waals surface area contributed by atoms with E-state index in [9.17, 15) is 19.2 Å². The quantitative estimate of drug-likeness (QED) is 0.196. The van der Waals surface area contributed by atoms with E-state index in [2.05, 4.69) is 47.5 Å². The van der Waals surface area contributed by atoms with Gasteiger partial charge in [-0.05, 0) is 42.5 Å². The van der Waals surface area contributed by atoms with Crippen molar-refractivity contribution >= 4 is 47.1 Å². The largest absolute Gasteiger partial charge is 0.479 e. The molecule has 2 heterocycles. The Labute approximate surface area is 203 Å². The first-order valence-corrected chi connectivity index (χ1v) is 10.7. The normalized spacial score (nSPS) is 16.4. The summed E-state index contributed by atoms with van der Waals surface area (Å²) < 4.78 is 0. The van der Waals surface area contributed by atoms with E-state index in [1.807, 2.05) is 0 Å². The fourth-order valence-corrected chi connectivity index (χ4v) is 2.98. The first-order chi connectivity index (χ1) is 16.2. The summed E-state index contributed by atoms with van der Waals surface area (Å²) in [6, 6.07) is 2.15. The summed E-state index contributed by atoms with van der Waals surface area (Å²) in [5.74, 6) is -5.97. The number of likely N-dealkylation sites (N-methyl/N-ethyl adjacent to an activating group) is 1. The third-order valence-electron chi connectivity index (χ3n) is 4.21. The van der Waals surface area contributed by atoms with Crippen LogP contribution in [0.25, 0.3) is 6.08 Å². The molecule has 1 aliphatic heterocycles. The second-order valence-electron chi connectivity index (χ2n) is 6.95. The molecule has 14 nitrogen and oxygen atoms in total. The Morgan fingerprint density at radius 3 is 1.63 bits per heavy atom. The first-order valence-electron chi connectivity index (χ1n) is 9.81. The summed E-state index contributed by atoms with van der Waals surface area (Å²) >= 11 is 1.78. The van der Waals surface area contributed by atoms with E-state index in [4.69, 9.17) is 40.9 Å². The van der Waals surface area contributed by atoms with E-state index in [0.717, 1.165) is 18.9 Å². The molecule has 0 saturated carbocycles. The zero-order chi connectivity index (χ0) is 27.3. The van der Waals surface area contributed by atoms with Crippen LogP contribution in [-0.2, 0) is 19.2 Å². The van der Waals surface area contributed by atoms with Crippen molar-refractivity contribution in [2.45, 2.75) is 37.8 Å². The van der Waals surface area contributed by atoms with Gasteiger partial charge in [0.2, 0.25) is 0 Å². The van der Waals surface area contributed by atoms with Crippen molar-refractivity contribution in [3.8, 4) is 0 Å². The summed E-state index contributed by atoms with van der Waals surface area (Å²) in [6.07, 6.45) is -3.60. The molecular formula is C20H28N2O12S. The Hall–Kier alpha value is -3.37. The number of aliphatic imine (C=N–C) groups is 1. The van der Waals surface area contributed by atoms with Crippen molar-refractivity contribution < 1.29 is 60.0 Å². The lowest BCUT2D eigenvalue weighted by Crippen LogP contribution is -2.39. The number of aliphatic carboxylic acids is 4. The van der Waals surface area contributed by atoms with Crippen LogP contribution < -0.4 is 0 Å². The van der Waals surface area contributed by atoms with E-state index >= 15 is 0 Å². The highest BCUT2D eigenvalue weighted by atomic mass is 32.1. The van der Waals surface area contributed by atoms with Crippen LogP contribution in [0.2, 0.25) is 0 Å². The van der Waals surface area contributed by atoms with Crippen LogP contribution in [0, 0.1) is 6.92 Å². The lowest BCUT2D eigenvalue weighted by molar-refractivity contribution is -0.165. The minimum absolute atomic E-state index is 0.966. The van der Waals surface area contributed by atoms with Crippen molar-refractivity contribution in [2.24, 2.45) is 4.99 Å². The number of aryl methyl sites for hydroxylation is 1. The third-order valence-corrected chi connectivity index (χ3v) is 5.20. The third kappa shape index (κ3) is 11.5.